The second-order valence-corrected chi connectivity index (χ2v) is 5.47. The van der Waals surface area contributed by atoms with Gasteiger partial charge in [0.05, 0.1) is 12.1 Å². The number of aromatic amines is 1. The van der Waals surface area contributed by atoms with Crippen LogP contribution in [0.5, 0.6) is 0 Å². The molecule has 0 amide bonds. The van der Waals surface area contributed by atoms with Crippen molar-refractivity contribution in [1.29, 1.82) is 0 Å². The van der Waals surface area contributed by atoms with Crippen molar-refractivity contribution in [3.63, 3.8) is 0 Å². The van der Waals surface area contributed by atoms with Crippen molar-refractivity contribution >= 4 is 5.97 Å². The fourth-order valence-electron chi connectivity index (χ4n) is 2.27. The normalized spacial score (nSPS) is 11.1. The van der Waals surface area contributed by atoms with E-state index in [1.165, 1.54) is 0 Å². The highest BCUT2D eigenvalue weighted by molar-refractivity contribution is 5.89. The van der Waals surface area contributed by atoms with Crippen molar-refractivity contribution in [2.75, 3.05) is 0 Å². The van der Waals surface area contributed by atoms with Crippen molar-refractivity contribution in [2.45, 2.75) is 26.2 Å². The predicted molar refractivity (Wildman–Crippen MR) is 82.2 cm³/mol. The third-order valence-electron chi connectivity index (χ3n) is 3.46. The molecule has 7 heteroatoms. The molecule has 2 heterocycles. The number of carbonyl (C=O) groups is 1. The average Bonchev–Trinajstić information content (AvgIpc) is 3.16. The molecule has 0 aliphatic carbocycles. The molecule has 0 aliphatic rings. The summed E-state index contributed by atoms with van der Waals surface area (Å²) in [6.07, 6.45) is 0.210. The zero-order valence-corrected chi connectivity index (χ0v) is 12.8. The maximum absolute atomic E-state index is 11.4. The van der Waals surface area contributed by atoms with Crippen LogP contribution in [0.2, 0.25) is 0 Å². The standard InChI is InChI=1S/C16H16N4O3/c1-9(2)15-17-12(23-20-15)8-11-13(10-6-4-3-5-7-10)18-19-14(11)16(21)22/h3-7,9H,8H2,1-2H3,(H,18,19)(H,21,22). The first-order valence-corrected chi connectivity index (χ1v) is 7.24. The van der Waals surface area contributed by atoms with E-state index in [1.54, 1.807) is 0 Å². The molecule has 118 valence electrons. The van der Waals surface area contributed by atoms with Gasteiger partial charge in [0.1, 0.15) is 5.69 Å². The molecule has 2 aromatic heterocycles. The van der Waals surface area contributed by atoms with E-state index >= 15 is 0 Å². The molecule has 0 saturated heterocycles. The average molecular weight is 312 g/mol. The predicted octanol–water partition coefficient (Wildman–Crippen LogP) is 2.87. The van der Waals surface area contributed by atoms with Crippen LogP contribution in [0, 0.1) is 0 Å². The largest absolute Gasteiger partial charge is 0.477 e. The molecule has 1 aromatic carbocycles. The van der Waals surface area contributed by atoms with Crippen LogP contribution in [0.3, 0.4) is 0 Å². The maximum atomic E-state index is 11.4. The van der Waals surface area contributed by atoms with E-state index in [0.717, 1.165) is 5.56 Å². The summed E-state index contributed by atoms with van der Waals surface area (Å²) in [5.74, 6) is 0.0408. The minimum absolute atomic E-state index is 0.0353. The minimum Gasteiger partial charge on any atom is -0.477 e. The van der Waals surface area contributed by atoms with Crippen molar-refractivity contribution in [1.82, 2.24) is 20.3 Å². The molecule has 0 spiro atoms. The molecule has 0 aliphatic heterocycles. The fraction of sp³-hybridized carbons (Fsp3) is 0.250. The number of hydrogen-bond donors (Lipinski definition) is 2. The lowest BCUT2D eigenvalue weighted by atomic mass is 10.0. The third kappa shape index (κ3) is 2.98. The fourth-order valence-corrected chi connectivity index (χ4v) is 2.27. The molecule has 3 rings (SSSR count). The van der Waals surface area contributed by atoms with Crippen LogP contribution >= 0.6 is 0 Å². The van der Waals surface area contributed by atoms with Gasteiger partial charge in [0.15, 0.2) is 5.82 Å². The molecule has 0 saturated carbocycles. The van der Waals surface area contributed by atoms with E-state index in [1.807, 2.05) is 44.2 Å². The Kier molecular flexibility index (Phi) is 3.92. The quantitative estimate of drug-likeness (QED) is 0.750. The molecule has 0 atom stereocenters. The Balaban J connectivity index is 2.02. The van der Waals surface area contributed by atoms with Crippen LogP contribution in [-0.2, 0) is 6.42 Å². The third-order valence-corrected chi connectivity index (χ3v) is 3.46. The molecule has 0 unspecified atom stereocenters. The molecule has 0 fully saturated rings. The van der Waals surface area contributed by atoms with Crippen molar-refractivity contribution in [3.05, 3.63) is 53.3 Å². The lowest BCUT2D eigenvalue weighted by Gasteiger charge is -2.01. The van der Waals surface area contributed by atoms with Gasteiger partial charge < -0.3 is 9.63 Å². The van der Waals surface area contributed by atoms with Crippen molar-refractivity contribution in [3.8, 4) is 11.3 Å². The summed E-state index contributed by atoms with van der Waals surface area (Å²) >= 11 is 0. The molecule has 3 aromatic rings. The van der Waals surface area contributed by atoms with E-state index in [4.69, 9.17) is 4.52 Å². The number of benzene rings is 1. The summed E-state index contributed by atoms with van der Waals surface area (Å²) in [7, 11) is 0. The van der Waals surface area contributed by atoms with E-state index in [2.05, 4.69) is 20.3 Å². The molecule has 0 bridgehead atoms. The second-order valence-electron chi connectivity index (χ2n) is 5.47. The Labute approximate surface area is 132 Å². The topological polar surface area (TPSA) is 105 Å². The van der Waals surface area contributed by atoms with Gasteiger partial charge in [-0.1, -0.05) is 49.3 Å². The molecule has 0 radical (unpaired) electrons. The van der Waals surface area contributed by atoms with E-state index < -0.39 is 5.97 Å². The first-order chi connectivity index (χ1) is 11.1. The highest BCUT2D eigenvalue weighted by atomic mass is 16.5. The number of nitrogens with one attached hydrogen (secondary N) is 1. The number of nitrogens with zero attached hydrogens (tertiary/aromatic N) is 3. The summed E-state index contributed by atoms with van der Waals surface area (Å²) < 4.78 is 5.23. The SMILES string of the molecule is CC(C)c1noc(Cc2c(-c3ccccc3)n[nH]c2C(=O)O)n1. The van der Waals surface area contributed by atoms with Gasteiger partial charge in [0, 0.05) is 17.0 Å². The van der Waals surface area contributed by atoms with Crippen LogP contribution in [0.15, 0.2) is 34.9 Å². The summed E-state index contributed by atoms with van der Waals surface area (Å²) in [5.41, 5.74) is 1.97. The maximum Gasteiger partial charge on any atom is 0.354 e. The monoisotopic (exact) mass is 312 g/mol. The zero-order chi connectivity index (χ0) is 16.4. The Hall–Kier alpha value is -2.96. The number of hydrogen-bond acceptors (Lipinski definition) is 5. The molecule has 2 N–H and O–H groups in total. The van der Waals surface area contributed by atoms with Gasteiger partial charge in [-0.05, 0) is 0 Å². The van der Waals surface area contributed by atoms with Gasteiger partial charge >= 0.3 is 5.97 Å². The number of carboxylic acid groups (broad SMARTS) is 1. The minimum atomic E-state index is -1.07. The highest BCUT2D eigenvalue weighted by Crippen LogP contribution is 2.26. The summed E-state index contributed by atoms with van der Waals surface area (Å²) in [5, 5.41) is 20.0. The Bertz CT molecular complexity index is 821. The Morgan fingerprint density at radius 3 is 2.65 bits per heavy atom. The van der Waals surface area contributed by atoms with Gasteiger partial charge in [-0.2, -0.15) is 10.1 Å². The van der Waals surface area contributed by atoms with E-state index in [0.29, 0.717) is 23.0 Å². The van der Waals surface area contributed by atoms with Gasteiger partial charge in [-0.15, -0.1) is 0 Å². The number of rotatable bonds is 5. The van der Waals surface area contributed by atoms with Crippen LogP contribution in [0.1, 0.15) is 47.5 Å². The van der Waals surface area contributed by atoms with E-state index in [9.17, 15) is 9.90 Å². The Morgan fingerprint density at radius 2 is 2.04 bits per heavy atom. The first kappa shape index (κ1) is 15.0. The zero-order valence-electron chi connectivity index (χ0n) is 12.8. The summed E-state index contributed by atoms with van der Waals surface area (Å²) in [6.45, 7) is 3.93. The lowest BCUT2D eigenvalue weighted by molar-refractivity contribution is 0.0689. The van der Waals surface area contributed by atoms with Crippen LogP contribution in [-0.4, -0.2) is 31.4 Å². The number of aromatic carboxylic acids is 1. The number of H-pyrrole nitrogens is 1. The van der Waals surface area contributed by atoms with Gasteiger partial charge in [-0.3, -0.25) is 5.10 Å². The van der Waals surface area contributed by atoms with Gasteiger partial charge in [0.2, 0.25) is 5.89 Å². The van der Waals surface area contributed by atoms with Crippen LogP contribution in [0.4, 0.5) is 0 Å². The number of carboxylic acids is 1. The smallest absolute Gasteiger partial charge is 0.354 e. The van der Waals surface area contributed by atoms with Gasteiger partial charge in [0.25, 0.3) is 0 Å². The molecule has 23 heavy (non-hydrogen) atoms. The van der Waals surface area contributed by atoms with Gasteiger partial charge in [-0.25, -0.2) is 4.79 Å². The summed E-state index contributed by atoms with van der Waals surface area (Å²) in [4.78, 5) is 15.7. The summed E-state index contributed by atoms with van der Waals surface area (Å²) in [6, 6.07) is 9.38. The first-order valence-electron chi connectivity index (χ1n) is 7.24. The van der Waals surface area contributed by atoms with Crippen LogP contribution < -0.4 is 0 Å². The molecular formula is C16H16N4O3. The van der Waals surface area contributed by atoms with Crippen LogP contribution in [0.25, 0.3) is 11.3 Å². The highest BCUT2D eigenvalue weighted by Gasteiger charge is 2.22. The van der Waals surface area contributed by atoms with E-state index in [-0.39, 0.29) is 18.0 Å². The molecular weight excluding hydrogens is 296 g/mol. The Morgan fingerprint density at radius 1 is 1.30 bits per heavy atom. The lowest BCUT2D eigenvalue weighted by Crippen LogP contribution is -2.03. The molecule has 7 nitrogen and oxygen atoms in total. The van der Waals surface area contributed by atoms with Crippen molar-refractivity contribution < 1.29 is 14.4 Å². The second kappa shape index (κ2) is 6.04. The van der Waals surface area contributed by atoms with Crippen molar-refractivity contribution in [2.24, 2.45) is 0 Å². The number of aromatic nitrogens is 4.